The summed E-state index contributed by atoms with van der Waals surface area (Å²) in [4.78, 5) is 26.2. The van der Waals surface area contributed by atoms with Crippen LogP contribution in [0.3, 0.4) is 0 Å². The van der Waals surface area contributed by atoms with Gasteiger partial charge in [0.25, 0.3) is 5.91 Å². The molecule has 156 valence electrons. The highest BCUT2D eigenvalue weighted by atomic mass is 32.2. The lowest BCUT2D eigenvalue weighted by Crippen LogP contribution is -2.49. The molecule has 8 heteroatoms. The van der Waals surface area contributed by atoms with Gasteiger partial charge in [0.1, 0.15) is 6.54 Å². The van der Waals surface area contributed by atoms with Crippen LogP contribution in [0.2, 0.25) is 0 Å². The first kappa shape index (κ1) is 21.3. The maximum atomic E-state index is 12.5. The van der Waals surface area contributed by atoms with Crippen LogP contribution in [0.15, 0.2) is 47.4 Å². The minimum Gasteiger partial charge on any atom is -0.455 e. The number of ether oxygens (including phenoxy) is 1. The number of carbonyl (C=O) groups excluding carboxylic acids is 2. The molecule has 29 heavy (non-hydrogen) atoms. The molecular formula is C21H26N2O5S. The Morgan fingerprint density at radius 3 is 2.41 bits per heavy atom. The fraction of sp³-hybridized carbons (Fsp3) is 0.429. The van der Waals surface area contributed by atoms with Crippen LogP contribution in [0.5, 0.6) is 0 Å². The van der Waals surface area contributed by atoms with E-state index >= 15 is 0 Å². The molecule has 1 N–H and O–H groups in total. The quantitative estimate of drug-likeness (QED) is 0.728. The Balaban J connectivity index is 1.54. The molecule has 1 amide bonds. The van der Waals surface area contributed by atoms with Crippen LogP contribution < -0.4 is 4.72 Å². The molecule has 1 fully saturated rings. The van der Waals surface area contributed by atoms with Crippen molar-refractivity contribution in [3.63, 3.8) is 0 Å². The summed E-state index contributed by atoms with van der Waals surface area (Å²) >= 11 is 0. The number of rotatable bonds is 6. The number of esters is 1. The average molecular weight is 419 g/mol. The second-order valence-corrected chi connectivity index (χ2v) is 9.19. The SMILES string of the molecule is C[C@H]1CCC[C@H](C)N1C(=O)COC(=O)CNS(=O)(=O)c1ccc2ccccc2c1. The van der Waals surface area contributed by atoms with Crippen molar-refractivity contribution in [1.82, 2.24) is 9.62 Å². The average Bonchev–Trinajstić information content (AvgIpc) is 2.70. The van der Waals surface area contributed by atoms with Gasteiger partial charge >= 0.3 is 5.97 Å². The van der Waals surface area contributed by atoms with Gasteiger partial charge in [0.2, 0.25) is 10.0 Å². The van der Waals surface area contributed by atoms with Crippen LogP contribution in [0, 0.1) is 0 Å². The minimum absolute atomic E-state index is 0.0658. The van der Waals surface area contributed by atoms with E-state index in [0.717, 1.165) is 30.0 Å². The smallest absolute Gasteiger partial charge is 0.321 e. The first-order valence-electron chi connectivity index (χ1n) is 9.73. The highest BCUT2D eigenvalue weighted by Crippen LogP contribution is 2.22. The number of nitrogens with zero attached hydrogens (tertiary/aromatic N) is 1. The van der Waals surface area contributed by atoms with Crippen molar-refractivity contribution in [2.24, 2.45) is 0 Å². The van der Waals surface area contributed by atoms with E-state index in [1.807, 2.05) is 38.1 Å². The summed E-state index contributed by atoms with van der Waals surface area (Å²) in [5.74, 6) is -1.05. The first-order chi connectivity index (χ1) is 13.8. The molecular weight excluding hydrogens is 392 g/mol. The lowest BCUT2D eigenvalue weighted by Gasteiger charge is -2.38. The lowest BCUT2D eigenvalue weighted by atomic mass is 9.97. The van der Waals surface area contributed by atoms with Gasteiger partial charge < -0.3 is 9.64 Å². The fourth-order valence-corrected chi connectivity index (χ4v) is 4.76. The molecule has 3 rings (SSSR count). The van der Waals surface area contributed by atoms with Crippen LogP contribution >= 0.6 is 0 Å². The number of likely N-dealkylation sites (tertiary alicyclic amines) is 1. The first-order valence-corrected chi connectivity index (χ1v) is 11.2. The standard InChI is InChI=1S/C21H26N2O5S/c1-15-6-5-7-16(2)23(15)20(24)14-28-21(25)13-22-29(26,27)19-11-10-17-8-3-4-9-18(17)12-19/h3-4,8-12,15-16,22H,5-7,13-14H2,1-2H3/t15-,16-/m0/s1. The molecule has 0 bridgehead atoms. The van der Waals surface area contributed by atoms with Gasteiger partial charge in [-0.15, -0.1) is 0 Å². The van der Waals surface area contributed by atoms with Crippen molar-refractivity contribution < 1.29 is 22.7 Å². The molecule has 2 aromatic carbocycles. The highest BCUT2D eigenvalue weighted by Gasteiger charge is 2.29. The van der Waals surface area contributed by atoms with Crippen LogP contribution in [0.1, 0.15) is 33.1 Å². The van der Waals surface area contributed by atoms with Gasteiger partial charge in [-0.1, -0.05) is 30.3 Å². The van der Waals surface area contributed by atoms with Crippen molar-refractivity contribution in [2.45, 2.75) is 50.1 Å². The number of piperidine rings is 1. The summed E-state index contributed by atoms with van der Waals surface area (Å²) in [5.41, 5.74) is 0. The lowest BCUT2D eigenvalue weighted by molar-refractivity contribution is -0.154. The van der Waals surface area contributed by atoms with E-state index in [-0.39, 0.29) is 29.5 Å². The van der Waals surface area contributed by atoms with Crippen LogP contribution in [-0.2, 0) is 24.3 Å². The van der Waals surface area contributed by atoms with Gasteiger partial charge in [0, 0.05) is 12.1 Å². The number of amides is 1. The van der Waals surface area contributed by atoms with Crippen molar-refractivity contribution in [1.29, 1.82) is 0 Å². The topological polar surface area (TPSA) is 92.8 Å². The molecule has 7 nitrogen and oxygen atoms in total. The van der Waals surface area contributed by atoms with Crippen molar-refractivity contribution in [2.75, 3.05) is 13.2 Å². The summed E-state index contributed by atoms with van der Waals surface area (Å²) in [7, 11) is -3.87. The maximum absolute atomic E-state index is 12.5. The van der Waals surface area contributed by atoms with E-state index in [1.165, 1.54) is 6.07 Å². The van der Waals surface area contributed by atoms with E-state index < -0.39 is 22.5 Å². The van der Waals surface area contributed by atoms with Crippen molar-refractivity contribution in [3.05, 3.63) is 42.5 Å². The third kappa shape index (κ3) is 5.13. The largest absolute Gasteiger partial charge is 0.455 e. The normalized spacial score (nSPS) is 19.9. The van der Waals surface area contributed by atoms with E-state index in [0.29, 0.717) is 0 Å². The molecule has 0 unspecified atom stereocenters. The zero-order valence-electron chi connectivity index (χ0n) is 16.6. The van der Waals surface area contributed by atoms with E-state index in [2.05, 4.69) is 4.72 Å². The molecule has 0 radical (unpaired) electrons. The van der Waals surface area contributed by atoms with Gasteiger partial charge in [0.15, 0.2) is 6.61 Å². The van der Waals surface area contributed by atoms with Gasteiger partial charge in [-0.05, 0) is 56.0 Å². The van der Waals surface area contributed by atoms with Crippen molar-refractivity contribution >= 4 is 32.7 Å². The van der Waals surface area contributed by atoms with E-state index in [4.69, 9.17) is 4.74 Å². The summed E-state index contributed by atoms with van der Waals surface area (Å²) in [5, 5.41) is 1.71. The zero-order chi connectivity index (χ0) is 21.0. The number of fused-ring (bicyclic) bond motifs is 1. The molecule has 0 saturated carbocycles. The molecule has 1 saturated heterocycles. The van der Waals surface area contributed by atoms with E-state index in [1.54, 1.807) is 17.0 Å². The third-order valence-electron chi connectivity index (χ3n) is 5.28. The second-order valence-electron chi connectivity index (χ2n) is 7.42. The Hall–Kier alpha value is -2.45. The zero-order valence-corrected chi connectivity index (χ0v) is 17.4. The third-order valence-corrected chi connectivity index (χ3v) is 6.67. The fourth-order valence-electron chi connectivity index (χ4n) is 3.75. The van der Waals surface area contributed by atoms with Crippen LogP contribution in [-0.4, -0.2) is 50.4 Å². The summed E-state index contributed by atoms with van der Waals surface area (Å²) in [6.07, 6.45) is 2.92. The number of hydrogen-bond acceptors (Lipinski definition) is 5. The monoisotopic (exact) mass is 418 g/mol. The predicted molar refractivity (Wildman–Crippen MR) is 110 cm³/mol. The van der Waals surface area contributed by atoms with Gasteiger partial charge in [-0.25, -0.2) is 8.42 Å². The van der Waals surface area contributed by atoms with Gasteiger partial charge in [-0.2, -0.15) is 4.72 Å². The van der Waals surface area contributed by atoms with Crippen molar-refractivity contribution in [3.8, 4) is 0 Å². The minimum atomic E-state index is -3.87. The molecule has 0 aromatic heterocycles. The number of hydrogen-bond donors (Lipinski definition) is 1. The molecule has 1 aliphatic heterocycles. The second kappa shape index (κ2) is 8.92. The molecule has 0 spiro atoms. The molecule has 1 heterocycles. The van der Waals surface area contributed by atoms with E-state index in [9.17, 15) is 18.0 Å². The Morgan fingerprint density at radius 2 is 1.72 bits per heavy atom. The Labute approximate surface area is 171 Å². The Kier molecular flexibility index (Phi) is 6.54. The Morgan fingerprint density at radius 1 is 1.07 bits per heavy atom. The van der Waals surface area contributed by atoms with Crippen LogP contribution in [0.4, 0.5) is 0 Å². The summed E-state index contributed by atoms with van der Waals surface area (Å²) in [6, 6.07) is 12.4. The summed E-state index contributed by atoms with van der Waals surface area (Å²) < 4.78 is 32.1. The Bertz CT molecular complexity index is 995. The molecule has 2 atom stereocenters. The molecule has 2 aromatic rings. The van der Waals surface area contributed by atoms with Crippen LogP contribution in [0.25, 0.3) is 10.8 Å². The number of nitrogens with one attached hydrogen (secondary N) is 1. The molecule has 1 aliphatic rings. The number of benzene rings is 2. The molecule has 0 aliphatic carbocycles. The predicted octanol–water partition coefficient (Wildman–Crippen LogP) is 2.45. The van der Waals surface area contributed by atoms with Gasteiger partial charge in [0.05, 0.1) is 4.90 Å². The number of sulfonamides is 1. The van der Waals surface area contributed by atoms with Gasteiger partial charge in [-0.3, -0.25) is 9.59 Å². The highest BCUT2D eigenvalue weighted by molar-refractivity contribution is 7.89. The summed E-state index contributed by atoms with van der Waals surface area (Å²) in [6.45, 7) is 3.04. The number of carbonyl (C=O) groups is 2. The maximum Gasteiger partial charge on any atom is 0.321 e.